The van der Waals surface area contributed by atoms with Crippen LogP contribution in [0.1, 0.15) is 12.8 Å². The summed E-state index contributed by atoms with van der Waals surface area (Å²) in [4.78, 5) is 32.6. The normalized spacial score (nSPS) is 13.5. The number of fused-ring (bicyclic) bond motifs is 2. The summed E-state index contributed by atoms with van der Waals surface area (Å²) in [5.74, 6) is -1.39. The van der Waals surface area contributed by atoms with Crippen molar-refractivity contribution in [1.29, 1.82) is 0 Å². The number of aliphatic carboxylic acids is 1. The van der Waals surface area contributed by atoms with E-state index in [4.69, 9.17) is 5.73 Å². The van der Waals surface area contributed by atoms with Gasteiger partial charge in [0.2, 0.25) is 5.91 Å². The molecule has 0 saturated heterocycles. The van der Waals surface area contributed by atoms with Crippen LogP contribution in [0.3, 0.4) is 0 Å². The molecule has 1 amide bonds. The van der Waals surface area contributed by atoms with Gasteiger partial charge in [0.25, 0.3) is 0 Å². The van der Waals surface area contributed by atoms with Crippen LogP contribution >= 0.6 is 46.2 Å². The van der Waals surface area contributed by atoms with Gasteiger partial charge in [-0.05, 0) is 24.3 Å². The Morgan fingerprint density at radius 1 is 0.867 bits per heavy atom. The second-order valence-corrected chi connectivity index (χ2v) is 11.5. The molecule has 0 saturated carbocycles. The van der Waals surface area contributed by atoms with Gasteiger partial charge in [0.05, 0.1) is 26.9 Å². The van der Waals surface area contributed by atoms with Crippen LogP contribution in [0, 0.1) is 0 Å². The van der Waals surface area contributed by atoms with Crippen molar-refractivity contribution in [1.82, 2.24) is 9.97 Å². The molecular weight excluding hydrogens is 459 g/mol. The van der Waals surface area contributed by atoms with Crippen LogP contribution in [0.4, 0.5) is 0 Å². The second kappa shape index (κ2) is 9.34. The number of thioether (sulfide) groups is 2. The summed E-state index contributed by atoms with van der Waals surface area (Å²) in [6.07, 6.45) is -0.0349. The number of carbonyl (C=O) groups excluding carboxylic acids is 1. The van der Waals surface area contributed by atoms with Gasteiger partial charge in [-0.2, -0.15) is 0 Å². The first-order chi connectivity index (χ1) is 14.5. The van der Waals surface area contributed by atoms with Crippen LogP contribution in [0.15, 0.2) is 57.2 Å². The van der Waals surface area contributed by atoms with Crippen molar-refractivity contribution in [3.63, 3.8) is 0 Å². The van der Waals surface area contributed by atoms with E-state index < -0.39 is 11.9 Å². The Kier molecular flexibility index (Phi) is 6.57. The Morgan fingerprint density at radius 3 is 1.77 bits per heavy atom. The number of hydrogen-bond donors (Lipinski definition) is 2. The third kappa shape index (κ3) is 5.12. The molecule has 0 aliphatic heterocycles. The molecule has 0 radical (unpaired) electrons. The topological polar surface area (TPSA) is 106 Å². The van der Waals surface area contributed by atoms with Crippen LogP contribution in [0.2, 0.25) is 0 Å². The van der Waals surface area contributed by atoms with Gasteiger partial charge in [0, 0.05) is 16.9 Å². The maximum absolute atomic E-state index is 11.8. The zero-order valence-corrected chi connectivity index (χ0v) is 18.8. The average molecular weight is 476 g/mol. The molecule has 2 aromatic carbocycles. The minimum Gasteiger partial charge on any atom is -0.481 e. The maximum Gasteiger partial charge on any atom is 0.304 e. The van der Waals surface area contributed by atoms with Gasteiger partial charge < -0.3 is 10.8 Å². The van der Waals surface area contributed by atoms with E-state index >= 15 is 0 Å². The van der Waals surface area contributed by atoms with E-state index in [1.165, 1.54) is 46.2 Å². The molecule has 3 N–H and O–H groups in total. The van der Waals surface area contributed by atoms with Crippen molar-refractivity contribution < 1.29 is 14.7 Å². The Bertz CT molecular complexity index is 1050. The van der Waals surface area contributed by atoms with E-state index in [0.717, 1.165) is 29.1 Å². The summed E-state index contributed by atoms with van der Waals surface area (Å²) in [7, 11) is 0. The number of rotatable bonds is 9. The number of carboxylic acid groups (broad SMARTS) is 1. The van der Waals surface area contributed by atoms with E-state index in [1.54, 1.807) is 0 Å². The fourth-order valence-electron chi connectivity index (χ4n) is 2.93. The van der Waals surface area contributed by atoms with Crippen LogP contribution in [-0.2, 0) is 9.59 Å². The lowest BCUT2D eigenvalue weighted by Gasteiger charge is -2.22. The molecule has 2 unspecified atom stereocenters. The number of hydrogen-bond acceptors (Lipinski definition) is 8. The maximum atomic E-state index is 11.8. The minimum absolute atomic E-state index is 0.0659. The number of nitrogens with two attached hydrogens (primary N) is 1. The number of primary amides is 1. The fourth-order valence-corrected chi connectivity index (χ4v) is 8.11. The largest absolute Gasteiger partial charge is 0.481 e. The van der Waals surface area contributed by atoms with Gasteiger partial charge in [-0.25, -0.2) is 9.97 Å². The highest BCUT2D eigenvalue weighted by molar-refractivity contribution is 8.05. The zero-order valence-electron chi connectivity index (χ0n) is 15.6. The second-order valence-electron chi connectivity index (χ2n) is 6.48. The van der Waals surface area contributed by atoms with E-state index in [1.807, 2.05) is 48.5 Å². The van der Waals surface area contributed by atoms with Crippen LogP contribution < -0.4 is 5.73 Å². The molecule has 0 aliphatic rings. The van der Waals surface area contributed by atoms with Gasteiger partial charge in [-0.3, -0.25) is 9.59 Å². The Labute approximate surface area is 188 Å². The highest BCUT2D eigenvalue weighted by Gasteiger charge is 2.30. The summed E-state index contributed by atoms with van der Waals surface area (Å²) in [5, 5.41) is 8.78. The Morgan fingerprint density at radius 2 is 1.33 bits per heavy atom. The van der Waals surface area contributed by atoms with E-state index in [-0.39, 0.29) is 23.3 Å². The highest BCUT2D eigenvalue weighted by atomic mass is 32.2. The van der Waals surface area contributed by atoms with Crippen molar-refractivity contribution in [3.05, 3.63) is 48.5 Å². The first kappa shape index (κ1) is 21.1. The molecule has 10 heteroatoms. The van der Waals surface area contributed by atoms with Crippen molar-refractivity contribution in [2.45, 2.75) is 32.0 Å². The van der Waals surface area contributed by atoms with Gasteiger partial charge in [-0.1, -0.05) is 47.8 Å². The average Bonchev–Trinajstić information content (AvgIpc) is 3.28. The van der Waals surface area contributed by atoms with Crippen molar-refractivity contribution in [2.24, 2.45) is 5.73 Å². The molecule has 4 rings (SSSR count). The molecule has 2 aromatic heterocycles. The number of carbonyl (C=O) groups is 2. The fraction of sp³-hybridized carbons (Fsp3) is 0.200. The first-order valence-corrected chi connectivity index (χ1v) is 12.4. The Hall–Kier alpha value is -2.14. The summed E-state index contributed by atoms with van der Waals surface area (Å²) in [5.41, 5.74) is 7.27. The number of aromatic nitrogens is 2. The van der Waals surface area contributed by atoms with Crippen molar-refractivity contribution in [3.8, 4) is 0 Å². The van der Waals surface area contributed by atoms with Gasteiger partial charge >= 0.3 is 5.97 Å². The van der Waals surface area contributed by atoms with E-state index in [2.05, 4.69) is 9.97 Å². The molecule has 0 spiro atoms. The molecule has 0 fully saturated rings. The third-order valence-electron chi connectivity index (χ3n) is 4.25. The third-order valence-corrected chi connectivity index (χ3v) is 9.34. The van der Waals surface area contributed by atoms with Crippen molar-refractivity contribution in [2.75, 3.05) is 0 Å². The monoisotopic (exact) mass is 475 g/mol. The minimum atomic E-state index is -0.923. The van der Waals surface area contributed by atoms with Gasteiger partial charge in [0.15, 0.2) is 8.68 Å². The van der Waals surface area contributed by atoms with Crippen LogP contribution in [0.25, 0.3) is 20.4 Å². The summed E-state index contributed by atoms with van der Waals surface area (Å²) >= 11 is 5.86. The molecule has 4 aromatic rings. The molecule has 0 aliphatic carbocycles. The molecule has 30 heavy (non-hydrogen) atoms. The predicted molar refractivity (Wildman–Crippen MR) is 125 cm³/mol. The Balaban J connectivity index is 1.62. The lowest BCUT2D eigenvalue weighted by atomic mass is 10.1. The van der Waals surface area contributed by atoms with Gasteiger partial charge in [0.1, 0.15) is 0 Å². The van der Waals surface area contributed by atoms with Crippen LogP contribution in [-0.4, -0.2) is 37.5 Å². The quantitative estimate of drug-likeness (QED) is 0.332. The highest BCUT2D eigenvalue weighted by Crippen LogP contribution is 2.41. The summed E-state index contributed by atoms with van der Waals surface area (Å²) in [6, 6.07) is 15.6. The molecule has 0 bridgehead atoms. The predicted octanol–water partition coefficient (Wildman–Crippen LogP) is 4.88. The molecule has 6 nitrogen and oxygen atoms in total. The zero-order chi connectivity index (χ0) is 21.1. The number of carboxylic acids is 1. The number of amides is 1. The number of para-hydroxylation sites is 2. The number of thiazole rings is 2. The molecular formula is C20H17N3O3S4. The standard InChI is InChI=1S/C20H17N3O3S4/c21-17(24)9-15(29-19-22-11-5-1-3-7-13(11)27-19)16(10-18(25)26)30-20-23-12-6-2-4-8-14(12)28-20/h1-8,15-16H,9-10H2,(H2,21,24)(H,25,26). The smallest absolute Gasteiger partial charge is 0.304 e. The van der Waals surface area contributed by atoms with Crippen molar-refractivity contribution >= 4 is 78.5 Å². The lowest BCUT2D eigenvalue weighted by Crippen LogP contribution is -2.28. The van der Waals surface area contributed by atoms with E-state index in [9.17, 15) is 14.7 Å². The first-order valence-electron chi connectivity index (χ1n) is 9.02. The SMILES string of the molecule is NC(=O)CC(Sc1nc2ccccc2s1)C(CC(=O)O)Sc1nc2ccccc2s1. The van der Waals surface area contributed by atoms with Gasteiger partial charge in [-0.15, -0.1) is 22.7 Å². The number of nitrogens with zero attached hydrogens (tertiary/aromatic N) is 2. The summed E-state index contributed by atoms with van der Waals surface area (Å²) < 4.78 is 3.66. The molecule has 2 atom stereocenters. The molecule has 2 heterocycles. The lowest BCUT2D eigenvalue weighted by molar-refractivity contribution is -0.137. The summed E-state index contributed by atoms with van der Waals surface area (Å²) in [6.45, 7) is 0. The van der Waals surface area contributed by atoms with E-state index in [0.29, 0.717) is 0 Å². The molecule has 154 valence electrons. The number of benzene rings is 2. The van der Waals surface area contributed by atoms with Crippen LogP contribution in [0.5, 0.6) is 0 Å².